The van der Waals surface area contributed by atoms with Crippen LogP contribution in [0.1, 0.15) is 44.7 Å². The molecule has 3 heteroatoms. The van der Waals surface area contributed by atoms with Crippen LogP contribution in [0.4, 0.5) is 0 Å². The standard InChI is InChI=1S/C27H30O3/c1-4-29-24-17-15-23(16-18-24)27(3,21(2)28)19-9-11-22-10-8-14-26(20-22)30-25-12-6-5-7-13-25/h5-8,10,12-18,20H,4,9,11,19H2,1-3H3. The minimum absolute atomic E-state index is 0.188. The Morgan fingerprint density at radius 2 is 1.57 bits per heavy atom. The van der Waals surface area contributed by atoms with Crippen molar-refractivity contribution in [3.05, 3.63) is 90.0 Å². The fraction of sp³-hybridized carbons (Fsp3) is 0.296. The molecule has 30 heavy (non-hydrogen) atoms. The fourth-order valence-corrected chi connectivity index (χ4v) is 3.64. The molecule has 1 unspecified atom stereocenters. The van der Waals surface area contributed by atoms with Crippen LogP contribution in [0.5, 0.6) is 17.2 Å². The van der Waals surface area contributed by atoms with Gasteiger partial charge in [-0.1, -0.05) is 42.5 Å². The van der Waals surface area contributed by atoms with Crippen LogP contribution < -0.4 is 9.47 Å². The predicted octanol–water partition coefficient (Wildman–Crippen LogP) is 6.75. The molecule has 3 nitrogen and oxygen atoms in total. The molecule has 0 amide bonds. The number of aryl methyl sites for hydroxylation is 1. The SMILES string of the molecule is CCOc1ccc(C(C)(CCCc2cccc(Oc3ccccc3)c2)C(C)=O)cc1. The lowest BCUT2D eigenvalue weighted by molar-refractivity contribution is -0.122. The van der Waals surface area contributed by atoms with Crippen molar-refractivity contribution < 1.29 is 14.3 Å². The van der Waals surface area contributed by atoms with E-state index in [9.17, 15) is 4.79 Å². The molecule has 3 aromatic rings. The van der Waals surface area contributed by atoms with Gasteiger partial charge in [-0.3, -0.25) is 4.79 Å². The van der Waals surface area contributed by atoms with Crippen LogP contribution in [0, 0.1) is 0 Å². The first-order chi connectivity index (χ1) is 14.5. The number of rotatable bonds is 10. The van der Waals surface area contributed by atoms with Gasteiger partial charge in [-0.05, 0) is 87.6 Å². The summed E-state index contributed by atoms with van der Waals surface area (Å²) in [6, 6.07) is 25.9. The van der Waals surface area contributed by atoms with Crippen molar-refractivity contribution in [2.24, 2.45) is 0 Å². The molecule has 0 spiro atoms. The average Bonchev–Trinajstić information content (AvgIpc) is 2.75. The maximum atomic E-state index is 12.5. The Morgan fingerprint density at radius 1 is 0.867 bits per heavy atom. The van der Waals surface area contributed by atoms with Crippen LogP contribution in [0.2, 0.25) is 0 Å². The van der Waals surface area contributed by atoms with E-state index in [2.05, 4.69) is 12.1 Å². The number of ether oxygens (including phenoxy) is 2. The Balaban J connectivity index is 1.64. The summed E-state index contributed by atoms with van der Waals surface area (Å²) in [7, 11) is 0. The van der Waals surface area contributed by atoms with Gasteiger partial charge < -0.3 is 9.47 Å². The van der Waals surface area contributed by atoms with Gasteiger partial charge in [0.2, 0.25) is 0 Å². The van der Waals surface area contributed by atoms with Gasteiger partial charge in [0.25, 0.3) is 0 Å². The fourth-order valence-electron chi connectivity index (χ4n) is 3.64. The molecule has 0 N–H and O–H groups in total. The molecule has 156 valence electrons. The van der Waals surface area contributed by atoms with E-state index in [0.717, 1.165) is 42.1 Å². The molecular weight excluding hydrogens is 372 g/mol. The Morgan fingerprint density at radius 3 is 2.23 bits per heavy atom. The molecule has 0 aliphatic carbocycles. The highest BCUT2D eigenvalue weighted by molar-refractivity contribution is 5.87. The van der Waals surface area contributed by atoms with Crippen LogP contribution in [0.3, 0.4) is 0 Å². The van der Waals surface area contributed by atoms with E-state index in [1.54, 1.807) is 6.92 Å². The maximum Gasteiger partial charge on any atom is 0.140 e. The lowest BCUT2D eigenvalue weighted by atomic mass is 9.75. The van der Waals surface area contributed by atoms with E-state index in [1.807, 2.05) is 80.6 Å². The third-order valence-corrected chi connectivity index (χ3v) is 5.60. The number of hydrogen-bond acceptors (Lipinski definition) is 3. The summed E-state index contributed by atoms with van der Waals surface area (Å²) in [4.78, 5) is 12.5. The summed E-state index contributed by atoms with van der Waals surface area (Å²) < 4.78 is 11.5. The number of carbonyl (C=O) groups excluding carboxylic acids is 1. The van der Waals surface area contributed by atoms with E-state index in [-0.39, 0.29) is 5.78 Å². The summed E-state index contributed by atoms with van der Waals surface area (Å²) >= 11 is 0. The van der Waals surface area contributed by atoms with E-state index in [0.29, 0.717) is 6.61 Å². The Kier molecular flexibility index (Phi) is 7.29. The highest BCUT2D eigenvalue weighted by Crippen LogP contribution is 2.32. The van der Waals surface area contributed by atoms with Crippen molar-refractivity contribution in [1.29, 1.82) is 0 Å². The Labute approximate surface area is 179 Å². The minimum atomic E-state index is -0.497. The summed E-state index contributed by atoms with van der Waals surface area (Å²) in [6.07, 6.45) is 2.60. The highest BCUT2D eigenvalue weighted by atomic mass is 16.5. The van der Waals surface area contributed by atoms with Gasteiger partial charge in [-0.25, -0.2) is 0 Å². The van der Waals surface area contributed by atoms with Crippen molar-refractivity contribution >= 4 is 5.78 Å². The third kappa shape index (κ3) is 5.50. The minimum Gasteiger partial charge on any atom is -0.494 e. The molecule has 0 saturated carbocycles. The van der Waals surface area contributed by atoms with Gasteiger partial charge in [0.1, 0.15) is 23.0 Å². The van der Waals surface area contributed by atoms with E-state index >= 15 is 0 Å². The molecule has 0 heterocycles. The van der Waals surface area contributed by atoms with Crippen molar-refractivity contribution in [3.63, 3.8) is 0 Å². The number of ketones is 1. The molecule has 0 bridgehead atoms. The zero-order valence-corrected chi connectivity index (χ0v) is 18.1. The third-order valence-electron chi connectivity index (χ3n) is 5.60. The molecule has 0 fully saturated rings. The second-order valence-electron chi connectivity index (χ2n) is 7.76. The first-order valence-electron chi connectivity index (χ1n) is 10.6. The zero-order valence-electron chi connectivity index (χ0n) is 18.1. The maximum absolute atomic E-state index is 12.5. The van der Waals surface area contributed by atoms with Gasteiger partial charge >= 0.3 is 0 Å². The second kappa shape index (κ2) is 10.1. The smallest absolute Gasteiger partial charge is 0.140 e. The molecule has 0 radical (unpaired) electrons. The molecule has 3 rings (SSSR count). The summed E-state index contributed by atoms with van der Waals surface area (Å²) in [6.45, 7) is 6.33. The largest absolute Gasteiger partial charge is 0.494 e. The highest BCUT2D eigenvalue weighted by Gasteiger charge is 2.31. The van der Waals surface area contributed by atoms with Crippen LogP contribution >= 0.6 is 0 Å². The summed E-state index contributed by atoms with van der Waals surface area (Å²) in [5.74, 6) is 2.68. The number of para-hydroxylation sites is 1. The average molecular weight is 403 g/mol. The van der Waals surface area contributed by atoms with E-state index in [1.165, 1.54) is 5.56 Å². The summed E-state index contributed by atoms with van der Waals surface area (Å²) in [5, 5.41) is 0. The van der Waals surface area contributed by atoms with Gasteiger partial charge in [0.15, 0.2) is 0 Å². The Bertz CT molecular complexity index is 947. The molecule has 3 aromatic carbocycles. The number of carbonyl (C=O) groups is 1. The normalized spacial score (nSPS) is 12.8. The van der Waals surface area contributed by atoms with Crippen LogP contribution in [-0.2, 0) is 16.6 Å². The molecule has 0 saturated heterocycles. The van der Waals surface area contributed by atoms with Crippen molar-refractivity contribution in [2.45, 2.75) is 45.4 Å². The lowest BCUT2D eigenvalue weighted by Gasteiger charge is -2.27. The van der Waals surface area contributed by atoms with Crippen LogP contribution in [-0.4, -0.2) is 12.4 Å². The topological polar surface area (TPSA) is 35.5 Å². The zero-order chi connectivity index (χ0) is 21.4. The monoisotopic (exact) mass is 402 g/mol. The van der Waals surface area contributed by atoms with E-state index in [4.69, 9.17) is 9.47 Å². The number of benzene rings is 3. The predicted molar refractivity (Wildman–Crippen MR) is 122 cm³/mol. The van der Waals surface area contributed by atoms with Gasteiger partial charge in [0, 0.05) is 0 Å². The quantitative estimate of drug-likeness (QED) is 0.376. The molecule has 1 atom stereocenters. The molecule has 0 aromatic heterocycles. The van der Waals surface area contributed by atoms with E-state index < -0.39 is 5.41 Å². The number of Topliss-reactive ketones (excluding diaryl/α,β-unsaturated/α-hetero) is 1. The van der Waals surface area contributed by atoms with Crippen molar-refractivity contribution in [3.8, 4) is 17.2 Å². The Hall–Kier alpha value is -3.07. The van der Waals surface area contributed by atoms with Crippen LogP contribution in [0.15, 0.2) is 78.9 Å². The molecule has 0 aliphatic heterocycles. The van der Waals surface area contributed by atoms with Gasteiger partial charge in [0.05, 0.1) is 12.0 Å². The van der Waals surface area contributed by atoms with Crippen molar-refractivity contribution in [2.75, 3.05) is 6.61 Å². The molecule has 0 aliphatic rings. The van der Waals surface area contributed by atoms with Gasteiger partial charge in [-0.2, -0.15) is 0 Å². The number of hydrogen-bond donors (Lipinski definition) is 0. The second-order valence-corrected chi connectivity index (χ2v) is 7.76. The lowest BCUT2D eigenvalue weighted by Crippen LogP contribution is -2.30. The first-order valence-corrected chi connectivity index (χ1v) is 10.6. The van der Waals surface area contributed by atoms with Crippen LogP contribution in [0.25, 0.3) is 0 Å². The summed E-state index contributed by atoms with van der Waals surface area (Å²) in [5.41, 5.74) is 1.75. The van der Waals surface area contributed by atoms with Gasteiger partial charge in [-0.15, -0.1) is 0 Å². The first kappa shape index (κ1) is 21.6. The van der Waals surface area contributed by atoms with Crippen molar-refractivity contribution in [1.82, 2.24) is 0 Å². The molecular formula is C27H30O3.